The van der Waals surface area contributed by atoms with E-state index in [0.29, 0.717) is 47.0 Å². The van der Waals surface area contributed by atoms with Gasteiger partial charge in [0.2, 0.25) is 23.7 Å². The van der Waals surface area contributed by atoms with Gasteiger partial charge in [0.15, 0.2) is 0 Å². The molecular formula is C55H54N12O5. The Balaban J connectivity index is 0.000000178. The van der Waals surface area contributed by atoms with E-state index in [4.69, 9.17) is 24.2 Å². The molecule has 0 bridgehead atoms. The van der Waals surface area contributed by atoms with Gasteiger partial charge in [0.1, 0.15) is 5.75 Å². The van der Waals surface area contributed by atoms with Crippen molar-refractivity contribution in [1.82, 2.24) is 40.5 Å². The number of hydrogen-bond acceptors (Lipinski definition) is 15. The fourth-order valence-electron chi connectivity index (χ4n) is 8.44. The van der Waals surface area contributed by atoms with Gasteiger partial charge in [0.25, 0.3) is 0 Å². The predicted molar refractivity (Wildman–Crippen MR) is 282 cm³/mol. The molecule has 2 unspecified atom stereocenters. The van der Waals surface area contributed by atoms with Gasteiger partial charge in [-0.15, -0.1) is 0 Å². The number of ether oxygens (including phenoxy) is 3. The maximum absolute atomic E-state index is 11.8. The highest BCUT2D eigenvalue weighted by atomic mass is 16.5. The lowest BCUT2D eigenvalue weighted by Gasteiger charge is -2.24. The summed E-state index contributed by atoms with van der Waals surface area (Å²) in [5.41, 5.74) is 11.8. The second-order valence-corrected chi connectivity index (χ2v) is 17.0. The summed E-state index contributed by atoms with van der Waals surface area (Å²) < 4.78 is 17.4. The van der Waals surface area contributed by atoms with Crippen LogP contribution in [0.4, 0.5) is 34.6 Å². The first-order valence-corrected chi connectivity index (χ1v) is 23.4. The Bertz CT molecular complexity index is 3280. The largest absolute Gasteiger partial charge is 0.495 e. The van der Waals surface area contributed by atoms with Crippen molar-refractivity contribution in [2.45, 2.75) is 26.1 Å². The smallest absolute Gasteiger partial charge is 0.247 e. The van der Waals surface area contributed by atoms with Crippen LogP contribution in [0.2, 0.25) is 0 Å². The van der Waals surface area contributed by atoms with Crippen molar-refractivity contribution in [2.24, 2.45) is 0 Å². The van der Waals surface area contributed by atoms with E-state index in [1.165, 1.54) is 12.2 Å². The number of nitrogens with one attached hydrogen (secondary N) is 6. The van der Waals surface area contributed by atoms with Gasteiger partial charge in [-0.2, -0.15) is 0 Å². The van der Waals surface area contributed by atoms with Crippen LogP contribution in [-0.2, 0) is 19.1 Å². The van der Waals surface area contributed by atoms with Crippen LogP contribution in [0.25, 0.3) is 44.3 Å². The predicted octanol–water partition coefficient (Wildman–Crippen LogP) is 9.07. The molecule has 2 fully saturated rings. The molecular weight excluding hydrogens is 909 g/mol. The molecule has 2 aliphatic heterocycles. The van der Waals surface area contributed by atoms with Crippen LogP contribution in [0.5, 0.6) is 5.75 Å². The highest BCUT2D eigenvalue weighted by Gasteiger charge is 2.20. The number of rotatable bonds is 13. The van der Waals surface area contributed by atoms with E-state index in [2.05, 4.69) is 77.1 Å². The van der Waals surface area contributed by atoms with E-state index in [1.54, 1.807) is 44.0 Å². The van der Waals surface area contributed by atoms with Crippen LogP contribution in [0.15, 0.2) is 141 Å². The lowest BCUT2D eigenvalue weighted by Crippen LogP contribution is -2.33. The third-order valence-electron chi connectivity index (χ3n) is 12.1. The molecule has 0 spiro atoms. The summed E-state index contributed by atoms with van der Waals surface area (Å²) in [5.74, 6) is 1.03. The molecule has 17 nitrogen and oxygen atoms in total. The number of fused-ring (bicyclic) bond motifs is 2. The van der Waals surface area contributed by atoms with Gasteiger partial charge in [-0.1, -0.05) is 55.6 Å². The third-order valence-corrected chi connectivity index (χ3v) is 12.1. The maximum Gasteiger partial charge on any atom is 0.247 e. The van der Waals surface area contributed by atoms with E-state index in [0.717, 1.165) is 99.3 Å². The average Bonchev–Trinajstić information content (AvgIpc) is 3.41. The third kappa shape index (κ3) is 11.4. The minimum absolute atomic E-state index is 0.0151. The molecule has 10 rings (SSSR count). The average molecular weight is 963 g/mol. The molecule has 6 heterocycles. The lowest BCUT2D eigenvalue weighted by molar-refractivity contribution is -0.112. The molecule has 72 heavy (non-hydrogen) atoms. The molecule has 6 N–H and O–H groups in total. The first-order chi connectivity index (χ1) is 35.2. The van der Waals surface area contributed by atoms with E-state index in [1.807, 2.05) is 80.6 Å². The van der Waals surface area contributed by atoms with Crippen molar-refractivity contribution in [2.75, 3.05) is 67.8 Å². The molecule has 0 saturated carbocycles. The molecule has 4 aromatic heterocycles. The molecule has 0 aliphatic carbocycles. The molecule has 2 atom stereocenters. The summed E-state index contributed by atoms with van der Waals surface area (Å²) in [6, 6.07) is 29.2. The fourth-order valence-corrected chi connectivity index (χ4v) is 8.44. The summed E-state index contributed by atoms with van der Waals surface area (Å²) in [4.78, 5) is 51.3. The van der Waals surface area contributed by atoms with Gasteiger partial charge in [-0.05, 0) is 96.8 Å². The van der Waals surface area contributed by atoms with E-state index in [9.17, 15) is 9.59 Å². The highest BCUT2D eigenvalue weighted by molar-refractivity contribution is 6.01. The Morgan fingerprint density at radius 2 is 1.14 bits per heavy atom. The van der Waals surface area contributed by atoms with Gasteiger partial charge in [-0.25, -0.2) is 19.9 Å². The quantitative estimate of drug-likeness (QED) is 0.0595. The van der Waals surface area contributed by atoms with Crippen molar-refractivity contribution in [1.29, 1.82) is 0 Å². The second-order valence-electron chi connectivity index (χ2n) is 17.0. The number of aromatic nitrogens is 6. The summed E-state index contributed by atoms with van der Waals surface area (Å²) in [6.07, 6.45) is 9.42. The number of amides is 2. The Morgan fingerprint density at radius 1 is 0.625 bits per heavy atom. The first-order valence-electron chi connectivity index (χ1n) is 23.4. The molecule has 2 amide bonds. The van der Waals surface area contributed by atoms with Crippen molar-refractivity contribution in [3.05, 3.63) is 163 Å². The standard InChI is InChI=1S/C28H28N6O3.C27H26N6O2/c1-4-25(35)32-20-9-10-30-22(14-20)26-17(2)5-6-19-15-31-28(34-27(19)26)33-21-8-7-18(13-23(21)36-3)24-16-29-11-12-37-24;1-3-24(34)31-21-10-11-29-22(14-21)25-17(2)4-5-19-15-30-27(33-26(19)25)32-20-8-6-18(7-9-20)23-16-28-12-13-35-23/h4-10,13-15,24,29H,1,11-12,16H2,2-3H3,(H,30,32,35)(H,31,33,34);3-11,14-15,23,28H,1,12-13,16H2,2H3,(H,29,31,34)(H,30,32,33). The molecule has 4 aromatic carbocycles. The van der Waals surface area contributed by atoms with Gasteiger partial charge in [0.05, 0.1) is 60.6 Å². The van der Waals surface area contributed by atoms with Gasteiger partial charge >= 0.3 is 0 Å². The Kier molecular flexibility index (Phi) is 15.2. The van der Waals surface area contributed by atoms with Crippen LogP contribution in [0.1, 0.15) is 34.5 Å². The molecule has 0 radical (unpaired) electrons. The minimum Gasteiger partial charge on any atom is -0.495 e. The number of hydrogen-bond donors (Lipinski definition) is 6. The second kappa shape index (κ2) is 22.5. The monoisotopic (exact) mass is 962 g/mol. The van der Waals surface area contributed by atoms with Crippen LogP contribution < -0.4 is 36.6 Å². The fraction of sp³-hybridized carbons (Fsp3) is 0.200. The number of pyridine rings is 2. The molecule has 2 aliphatic rings. The van der Waals surface area contributed by atoms with Crippen molar-refractivity contribution in [3.8, 4) is 28.3 Å². The molecule has 8 aromatic rings. The van der Waals surface area contributed by atoms with Crippen molar-refractivity contribution < 1.29 is 23.8 Å². The van der Waals surface area contributed by atoms with Crippen LogP contribution in [0, 0.1) is 13.8 Å². The Labute approximate surface area is 416 Å². The lowest BCUT2D eigenvalue weighted by atomic mass is 10.0. The number of aryl methyl sites for hydroxylation is 2. The summed E-state index contributed by atoms with van der Waals surface area (Å²) >= 11 is 0. The van der Waals surface area contributed by atoms with E-state index in [-0.39, 0.29) is 24.0 Å². The van der Waals surface area contributed by atoms with Gasteiger partial charge < -0.3 is 46.1 Å². The number of nitrogens with zero attached hydrogens (tertiary/aromatic N) is 6. The molecule has 364 valence electrons. The number of carbonyl (C=O) groups is 2. The molecule has 17 heteroatoms. The zero-order chi connectivity index (χ0) is 50.0. The Morgan fingerprint density at radius 3 is 1.64 bits per heavy atom. The maximum atomic E-state index is 11.8. The number of methoxy groups -OCH3 is 1. The topological polar surface area (TPSA) is 211 Å². The molecule has 2 saturated heterocycles. The minimum atomic E-state index is -0.285. The van der Waals surface area contributed by atoms with Crippen LogP contribution >= 0.6 is 0 Å². The zero-order valence-corrected chi connectivity index (χ0v) is 40.2. The number of carbonyl (C=O) groups excluding carboxylic acids is 2. The number of anilines is 6. The Hall–Kier alpha value is -8.48. The van der Waals surface area contributed by atoms with Gasteiger partial charge in [0, 0.05) is 89.9 Å². The number of morpholine rings is 2. The van der Waals surface area contributed by atoms with Crippen molar-refractivity contribution >= 4 is 68.3 Å². The van der Waals surface area contributed by atoms with E-state index < -0.39 is 0 Å². The van der Waals surface area contributed by atoms with Crippen LogP contribution in [-0.4, -0.2) is 88.2 Å². The summed E-state index contributed by atoms with van der Waals surface area (Å²) in [6.45, 7) is 15.8. The van der Waals surface area contributed by atoms with Crippen LogP contribution in [0.3, 0.4) is 0 Å². The number of benzene rings is 4. The summed E-state index contributed by atoms with van der Waals surface area (Å²) in [7, 11) is 1.64. The first kappa shape index (κ1) is 48.5. The van der Waals surface area contributed by atoms with Gasteiger partial charge in [-0.3, -0.25) is 19.6 Å². The SMILES string of the molecule is C=CC(=O)Nc1ccnc(-c2c(C)ccc3cnc(Nc4ccc(C5CNCCO5)cc4)nc23)c1.C=CC(=O)Nc1ccnc(-c2c(C)ccc3cnc(Nc4ccc(C5CNCCO5)cc4OC)nc23)c1. The summed E-state index contributed by atoms with van der Waals surface area (Å²) in [5, 5.41) is 20.6. The highest BCUT2D eigenvalue weighted by Crippen LogP contribution is 2.35. The normalized spacial score (nSPS) is 15.4. The van der Waals surface area contributed by atoms with E-state index >= 15 is 0 Å². The zero-order valence-electron chi connectivity index (χ0n) is 40.2. The van der Waals surface area contributed by atoms with Crippen molar-refractivity contribution in [3.63, 3.8) is 0 Å².